The molecule has 2 saturated carbocycles. The Morgan fingerprint density at radius 3 is 2.16 bits per heavy atom. The highest BCUT2D eigenvalue weighted by atomic mass is 32.2. The van der Waals surface area contributed by atoms with Gasteiger partial charge in [0.05, 0.1) is 0 Å². The molecule has 2 aromatic carbocycles. The van der Waals surface area contributed by atoms with E-state index in [1.807, 2.05) is 11.8 Å². The molecule has 130 valence electrons. The van der Waals surface area contributed by atoms with Crippen LogP contribution in [0.5, 0.6) is 0 Å². The van der Waals surface area contributed by atoms with E-state index in [0.29, 0.717) is 0 Å². The van der Waals surface area contributed by atoms with E-state index in [4.69, 9.17) is 0 Å². The number of hydrogen-bond donors (Lipinski definition) is 0. The molecule has 4 rings (SSSR count). The van der Waals surface area contributed by atoms with Gasteiger partial charge in [-0.25, -0.2) is 0 Å². The van der Waals surface area contributed by atoms with Gasteiger partial charge in [0.1, 0.15) is 0 Å². The van der Waals surface area contributed by atoms with E-state index in [1.54, 1.807) is 11.1 Å². The van der Waals surface area contributed by atoms with E-state index in [-0.39, 0.29) is 0 Å². The zero-order valence-electron chi connectivity index (χ0n) is 15.0. The Bertz CT molecular complexity index is 700. The Kier molecular flexibility index (Phi) is 5.62. The minimum absolute atomic E-state index is 0.982. The number of allylic oxidation sites excluding steroid dienone is 2. The third-order valence-corrected chi connectivity index (χ3v) is 6.65. The Morgan fingerprint density at radius 2 is 1.48 bits per heavy atom. The normalized spacial score (nSPS) is 17.5. The van der Waals surface area contributed by atoms with Crippen LogP contribution in [0.3, 0.4) is 0 Å². The van der Waals surface area contributed by atoms with Crippen LogP contribution >= 0.6 is 11.8 Å². The molecule has 2 aliphatic rings. The molecular formula is C24H28S. The molecule has 1 heteroatoms. The fourth-order valence-electron chi connectivity index (χ4n) is 4.06. The van der Waals surface area contributed by atoms with E-state index >= 15 is 0 Å². The minimum Gasteiger partial charge on any atom is -0.0901 e. The molecule has 2 aliphatic carbocycles. The lowest BCUT2D eigenvalue weighted by Crippen LogP contribution is -2.06. The van der Waals surface area contributed by atoms with E-state index in [2.05, 4.69) is 54.6 Å². The summed E-state index contributed by atoms with van der Waals surface area (Å²) in [6.45, 7) is 0. The van der Waals surface area contributed by atoms with Crippen molar-refractivity contribution in [3.8, 4) is 0 Å². The summed E-state index contributed by atoms with van der Waals surface area (Å²) in [7, 11) is 0. The molecule has 0 aliphatic heterocycles. The summed E-state index contributed by atoms with van der Waals surface area (Å²) >= 11 is 1.85. The van der Waals surface area contributed by atoms with Gasteiger partial charge in [-0.1, -0.05) is 79.8 Å². The second-order valence-corrected chi connectivity index (χ2v) is 8.71. The van der Waals surface area contributed by atoms with Crippen molar-refractivity contribution >= 4 is 17.3 Å². The Balaban J connectivity index is 1.41. The molecule has 25 heavy (non-hydrogen) atoms. The van der Waals surface area contributed by atoms with E-state index < -0.39 is 0 Å². The molecule has 0 heterocycles. The average molecular weight is 349 g/mol. The Hall–Kier alpha value is -1.47. The number of hydrogen-bond acceptors (Lipinski definition) is 1. The van der Waals surface area contributed by atoms with Crippen molar-refractivity contribution < 1.29 is 0 Å². The van der Waals surface area contributed by atoms with E-state index in [1.165, 1.54) is 73.1 Å². The molecule has 0 N–H and O–H groups in total. The molecule has 0 aromatic heterocycles. The number of benzene rings is 2. The molecule has 0 radical (unpaired) electrons. The van der Waals surface area contributed by atoms with Gasteiger partial charge in [-0.15, -0.1) is 0 Å². The van der Waals surface area contributed by atoms with Crippen LogP contribution in [-0.4, -0.2) is 0 Å². The lowest BCUT2D eigenvalue weighted by molar-refractivity contribution is 0.342. The summed E-state index contributed by atoms with van der Waals surface area (Å²) in [6.07, 6.45) is 12.7. The third kappa shape index (κ3) is 4.79. The van der Waals surface area contributed by atoms with Gasteiger partial charge in [0, 0.05) is 9.79 Å². The first-order valence-electron chi connectivity index (χ1n) is 9.93. The van der Waals surface area contributed by atoms with Crippen LogP contribution in [0.4, 0.5) is 0 Å². The fourth-order valence-corrected chi connectivity index (χ4v) is 4.90. The smallest absolute Gasteiger partial charge is 0.0122 e. The monoisotopic (exact) mass is 348 g/mol. The molecular weight excluding hydrogens is 320 g/mol. The van der Waals surface area contributed by atoms with Gasteiger partial charge in [-0.3, -0.25) is 0 Å². The van der Waals surface area contributed by atoms with E-state index in [9.17, 15) is 0 Å². The van der Waals surface area contributed by atoms with Crippen molar-refractivity contribution in [2.24, 2.45) is 5.92 Å². The summed E-state index contributed by atoms with van der Waals surface area (Å²) in [5.74, 6) is 0.982. The topological polar surface area (TPSA) is 0 Å². The van der Waals surface area contributed by atoms with E-state index in [0.717, 1.165) is 5.92 Å². The largest absolute Gasteiger partial charge is 0.0901 e. The van der Waals surface area contributed by atoms with Crippen LogP contribution in [0.15, 0.2) is 70.0 Å². The third-order valence-electron chi connectivity index (χ3n) is 5.64. The van der Waals surface area contributed by atoms with Crippen LogP contribution in [0.1, 0.15) is 63.4 Å². The van der Waals surface area contributed by atoms with Crippen LogP contribution < -0.4 is 0 Å². The quantitative estimate of drug-likeness (QED) is 0.514. The van der Waals surface area contributed by atoms with Crippen molar-refractivity contribution in [3.05, 3.63) is 65.7 Å². The molecule has 0 bridgehead atoms. The highest BCUT2D eigenvalue weighted by Crippen LogP contribution is 2.41. The second kappa shape index (κ2) is 8.27. The molecule has 0 amide bonds. The highest BCUT2D eigenvalue weighted by Gasteiger charge is 2.21. The maximum absolute atomic E-state index is 2.35. The molecule has 0 nitrogen and oxygen atoms in total. The van der Waals surface area contributed by atoms with Crippen molar-refractivity contribution in [1.82, 2.24) is 0 Å². The first-order valence-corrected chi connectivity index (χ1v) is 10.7. The molecule has 2 aromatic rings. The fraction of sp³-hybridized carbons (Fsp3) is 0.417. The minimum atomic E-state index is 0.982. The van der Waals surface area contributed by atoms with Crippen LogP contribution in [0.25, 0.3) is 5.57 Å². The summed E-state index contributed by atoms with van der Waals surface area (Å²) in [6, 6.07) is 20.0. The van der Waals surface area contributed by atoms with Crippen molar-refractivity contribution in [1.29, 1.82) is 0 Å². The first-order chi connectivity index (χ1) is 12.4. The molecule has 2 fully saturated rings. The summed E-state index contributed by atoms with van der Waals surface area (Å²) in [4.78, 5) is 2.65. The molecule has 0 spiro atoms. The summed E-state index contributed by atoms with van der Waals surface area (Å²) < 4.78 is 0. The summed E-state index contributed by atoms with van der Waals surface area (Å²) in [5, 5.41) is 0. The summed E-state index contributed by atoms with van der Waals surface area (Å²) in [5.41, 5.74) is 4.86. The maximum atomic E-state index is 2.35. The van der Waals surface area contributed by atoms with Gasteiger partial charge < -0.3 is 0 Å². The van der Waals surface area contributed by atoms with Crippen LogP contribution in [-0.2, 0) is 0 Å². The zero-order valence-corrected chi connectivity index (χ0v) is 15.9. The van der Waals surface area contributed by atoms with Gasteiger partial charge in [-0.05, 0) is 67.0 Å². The molecule has 0 unspecified atom stereocenters. The van der Waals surface area contributed by atoms with Crippen molar-refractivity contribution in [2.45, 2.75) is 67.6 Å². The lowest BCUT2D eigenvalue weighted by Gasteiger charge is -2.22. The van der Waals surface area contributed by atoms with Gasteiger partial charge >= 0.3 is 0 Å². The van der Waals surface area contributed by atoms with Gasteiger partial charge in [0.2, 0.25) is 0 Å². The van der Waals surface area contributed by atoms with Gasteiger partial charge in [0.15, 0.2) is 0 Å². The predicted molar refractivity (Wildman–Crippen MR) is 109 cm³/mol. The zero-order chi connectivity index (χ0) is 16.9. The molecule has 0 saturated heterocycles. The number of rotatable bonds is 6. The first kappa shape index (κ1) is 17.0. The Labute approximate surface area is 156 Å². The van der Waals surface area contributed by atoms with Crippen LogP contribution in [0.2, 0.25) is 0 Å². The predicted octanol–water partition coefficient (Wildman–Crippen LogP) is 7.75. The maximum Gasteiger partial charge on any atom is 0.0122 e. The second-order valence-electron chi connectivity index (χ2n) is 7.56. The average Bonchev–Trinajstić information content (AvgIpc) is 3.50. The Morgan fingerprint density at radius 1 is 0.800 bits per heavy atom. The molecule has 0 atom stereocenters. The van der Waals surface area contributed by atoms with Crippen molar-refractivity contribution in [2.75, 3.05) is 0 Å². The highest BCUT2D eigenvalue weighted by molar-refractivity contribution is 7.99. The van der Waals surface area contributed by atoms with Crippen LogP contribution in [0, 0.1) is 5.92 Å². The SMILES string of the molecule is c1ccc(Sc2ccc(C(CCC3CCCCC3)=C3CC3)cc2)cc1. The van der Waals surface area contributed by atoms with Gasteiger partial charge in [0.25, 0.3) is 0 Å². The van der Waals surface area contributed by atoms with Crippen molar-refractivity contribution in [3.63, 3.8) is 0 Å². The standard InChI is InChI=1S/C24H28S/c1-3-7-19(8-4-1)11-18-24(20-12-13-20)21-14-16-23(17-15-21)25-22-9-5-2-6-10-22/h2,5-6,9-10,14-17,19H,1,3-4,7-8,11-13,18H2. The van der Waals surface area contributed by atoms with Gasteiger partial charge in [-0.2, -0.15) is 0 Å². The lowest BCUT2D eigenvalue weighted by atomic mass is 9.84.